The van der Waals surface area contributed by atoms with Crippen molar-refractivity contribution in [2.45, 2.75) is 6.92 Å². The zero-order valence-electron chi connectivity index (χ0n) is 12.3. The van der Waals surface area contributed by atoms with Gasteiger partial charge < -0.3 is 0 Å². The molecule has 0 unspecified atom stereocenters. The van der Waals surface area contributed by atoms with Crippen LogP contribution in [0.5, 0.6) is 0 Å². The molecule has 0 spiro atoms. The maximum atomic E-state index is 11.8. The molecule has 0 aliphatic carbocycles. The van der Waals surface area contributed by atoms with E-state index in [0.717, 1.165) is 19.6 Å². The van der Waals surface area contributed by atoms with Gasteiger partial charge in [0.25, 0.3) is 0 Å². The average Bonchev–Trinajstić information content (AvgIpc) is 2.49. The first-order valence-corrected chi connectivity index (χ1v) is 8.64. The van der Waals surface area contributed by atoms with E-state index in [0.29, 0.717) is 13.1 Å². The Kier molecular flexibility index (Phi) is 7.39. The normalized spacial score (nSPS) is 17.8. The monoisotopic (exact) mass is 330 g/mol. The molecule has 0 bridgehead atoms. The summed E-state index contributed by atoms with van der Waals surface area (Å²) in [6, 6.07) is 10.2. The van der Waals surface area contributed by atoms with Crippen LogP contribution in [0.1, 0.15) is 12.5 Å². The van der Waals surface area contributed by atoms with Crippen LogP contribution in [0.2, 0.25) is 0 Å². The van der Waals surface area contributed by atoms with Crippen LogP contribution in [0.25, 0.3) is 6.08 Å². The van der Waals surface area contributed by atoms with Crippen LogP contribution >= 0.6 is 12.4 Å². The van der Waals surface area contributed by atoms with Crippen molar-refractivity contribution in [1.82, 2.24) is 9.21 Å². The maximum absolute atomic E-state index is 11.8. The van der Waals surface area contributed by atoms with Gasteiger partial charge in [-0.1, -0.05) is 42.5 Å². The number of benzene rings is 1. The third-order valence-electron chi connectivity index (χ3n) is 3.56. The summed E-state index contributed by atoms with van der Waals surface area (Å²) in [5.41, 5.74) is 1.19. The minimum absolute atomic E-state index is 0. The Labute approximate surface area is 133 Å². The Balaban J connectivity index is 0.00000220. The van der Waals surface area contributed by atoms with Crippen molar-refractivity contribution >= 4 is 28.5 Å². The van der Waals surface area contributed by atoms with Gasteiger partial charge >= 0.3 is 0 Å². The van der Waals surface area contributed by atoms with Crippen molar-refractivity contribution < 1.29 is 8.42 Å². The first-order chi connectivity index (χ1) is 9.62. The van der Waals surface area contributed by atoms with E-state index >= 15 is 0 Å². The van der Waals surface area contributed by atoms with Crippen molar-refractivity contribution in [2.75, 3.05) is 38.5 Å². The average molecular weight is 331 g/mol. The molecule has 2 rings (SSSR count). The summed E-state index contributed by atoms with van der Waals surface area (Å²) in [6.07, 6.45) is 4.24. The van der Waals surface area contributed by atoms with Gasteiger partial charge in [-0.05, 0) is 12.5 Å². The second kappa shape index (κ2) is 8.54. The van der Waals surface area contributed by atoms with E-state index in [1.807, 2.05) is 18.2 Å². The first kappa shape index (κ1) is 18.2. The van der Waals surface area contributed by atoms with Gasteiger partial charge in [0.2, 0.25) is 10.0 Å². The summed E-state index contributed by atoms with van der Waals surface area (Å²) in [7, 11) is -3.02. The standard InChI is InChI=1S/C15H22N2O2S.ClH/c1-2-20(18,19)17-13-11-16(12-14-17)10-6-9-15-7-4-3-5-8-15;/h3-9H,2,10-14H2,1H3;1H/b9-6+;. The molecule has 0 aromatic heterocycles. The van der Waals surface area contributed by atoms with Crippen molar-refractivity contribution in [3.05, 3.63) is 42.0 Å². The Morgan fingerprint density at radius 3 is 2.29 bits per heavy atom. The molecule has 1 aromatic carbocycles. The predicted octanol–water partition coefficient (Wildman–Crippen LogP) is 2.09. The largest absolute Gasteiger partial charge is 0.297 e. The zero-order valence-corrected chi connectivity index (χ0v) is 13.9. The van der Waals surface area contributed by atoms with Gasteiger partial charge in [-0.25, -0.2) is 8.42 Å². The first-order valence-electron chi connectivity index (χ1n) is 7.03. The second-order valence-electron chi connectivity index (χ2n) is 4.91. The van der Waals surface area contributed by atoms with E-state index in [1.165, 1.54) is 5.56 Å². The highest BCUT2D eigenvalue weighted by molar-refractivity contribution is 7.89. The number of rotatable bonds is 5. The number of nitrogens with zero attached hydrogens (tertiary/aromatic N) is 2. The molecule has 4 nitrogen and oxygen atoms in total. The van der Waals surface area contributed by atoms with Crippen LogP contribution in [0.3, 0.4) is 0 Å². The molecular formula is C15H23ClN2O2S. The topological polar surface area (TPSA) is 40.6 Å². The maximum Gasteiger partial charge on any atom is 0.213 e. The molecule has 0 amide bonds. The number of halogens is 1. The van der Waals surface area contributed by atoms with Crippen LogP contribution < -0.4 is 0 Å². The lowest BCUT2D eigenvalue weighted by Gasteiger charge is -2.33. The SMILES string of the molecule is CCS(=O)(=O)N1CCN(C/C=C/c2ccccc2)CC1.Cl. The molecule has 1 heterocycles. The molecule has 1 aliphatic rings. The van der Waals surface area contributed by atoms with Gasteiger partial charge in [-0.15, -0.1) is 12.4 Å². The molecule has 0 atom stereocenters. The third kappa shape index (κ3) is 5.43. The number of piperazine rings is 1. The Hall–Kier alpha value is -0.880. The van der Waals surface area contributed by atoms with Gasteiger partial charge in [0.05, 0.1) is 5.75 Å². The van der Waals surface area contributed by atoms with E-state index < -0.39 is 10.0 Å². The van der Waals surface area contributed by atoms with Gasteiger partial charge in [-0.2, -0.15) is 4.31 Å². The summed E-state index contributed by atoms with van der Waals surface area (Å²) < 4.78 is 25.1. The number of sulfonamides is 1. The predicted molar refractivity (Wildman–Crippen MR) is 90.2 cm³/mol. The molecule has 21 heavy (non-hydrogen) atoms. The lowest BCUT2D eigenvalue weighted by Crippen LogP contribution is -2.48. The van der Waals surface area contributed by atoms with Crippen LogP contribution in [-0.4, -0.2) is 56.1 Å². The highest BCUT2D eigenvalue weighted by Crippen LogP contribution is 2.08. The van der Waals surface area contributed by atoms with Gasteiger partial charge in [0.15, 0.2) is 0 Å². The van der Waals surface area contributed by atoms with Crippen molar-refractivity contribution in [3.63, 3.8) is 0 Å². The summed E-state index contributed by atoms with van der Waals surface area (Å²) in [4.78, 5) is 2.28. The Morgan fingerprint density at radius 2 is 1.71 bits per heavy atom. The number of hydrogen-bond donors (Lipinski definition) is 0. The van der Waals surface area contributed by atoms with Crippen LogP contribution in [0.4, 0.5) is 0 Å². The summed E-state index contributed by atoms with van der Waals surface area (Å²) in [6.45, 7) is 5.39. The highest BCUT2D eigenvalue weighted by atomic mass is 35.5. The summed E-state index contributed by atoms with van der Waals surface area (Å²) in [5, 5.41) is 0. The molecule has 1 saturated heterocycles. The van der Waals surface area contributed by atoms with Crippen molar-refractivity contribution in [3.8, 4) is 0 Å². The quantitative estimate of drug-likeness (QED) is 0.830. The van der Waals surface area contributed by atoms with E-state index in [-0.39, 0.29) is 18.2 Å². The van der Waals surface area contributed by atoms with Crippen molar-refractivity contribution in [2.24, 2.45) is 0 Å². The molecular weight excluding hydrogens is 308 g/mol. The fourth-order valence-corrected chi connectivity index (χ4v) is 3.36. The fraction of sp³-hybridized carbons (Fsp3) is 0.467. The molecule has 1 aliphatic heterocycles. The van der Waals surface area contributed by atoms with Gasteiger partial charge in [-0.3, -0.25) is 4.90 Å². The van der Waals surface area contributed by atoms with Crippen LogP contribution in [-0.2, 0) is 10.0 Å². The third-order valence-corrected chi connectivity index (χ3v) is 5.44. The van der Waals surface area contributed by atoms with E-state index in [9.17, 15) is 8.42 Å². The zero-order chi connectivity index (χ0) is 14.4. The van der Waals surface area contributed by atoms with E-state index in [2.05, 4.69) is 29.2 Å². The lowest BCUT2D eigenvalue weighted by atomic mass is 10.2. The second-order valence-corrected chi connectivity index (χ2v) is 7.17. The lowest BCUT2D eigenvalue weighted by molar-refractivity contribution is 0.205. The minimum Gasteiger partial charge on any atom is -0.297 e. The molecule has 1 aromatic rings. The van der Waals surface area contributed by atoms with Gasteiger partial charge in [0, 0.05) is 32.7 Å². The molecule has 6 heteroatoms. The van der Waals surface area contributed by atoms with Crippen molar-refractivity contribution in [1.29, 1.82) is 0 Å². The molecule has 1 fully saturated rings. The summed E-state index contributed by atoms with van der Waals surface area (Å²) >= 11 is 0. The smallest absolute Gasteiger partial charge is 0.213 e. The molecule has 118 valence electrons. The highest BCUT2D eigenvalue weighted by Gasteiger charge is 2.24. The Morgan fingerprint density at radius 1 is 1.10 bits per heavy atom. The van der Waals surface area contributed by atoms with Crippen LogP contribution in [0, 0.1) is 0 Å². The number of hydrogen-bond acceptors (Lipinski definition) is 3. The van der Waals surface area contributed by atoms with E-state index in [1.54, 1.807) is 11.2 Å². The molecule has 0 N–H and O–H groups in total. The van der Waals surface area contributed by atoms with Gasteiger partial charge in [0.1, 0.15) is 0 Å². The molecule has 0 radical (unpaired) electrons. The van der Waals surface area contributed by atoms with Crippen LogP contribution in [0.15, 0.2) is 36.4 Å². The Bertz CT molecular complexity index is 538. The van der Waals surface area contributed by atoms with E-state index in [4.69, 9.17) is 0 Å². The summed E-state index contributed by atoms with van der Waals surface area (Å²) in [5.74, 6) is 0.195. The fourth-order valence-electron chi connectivity index (χ4n) is 2.27. The molecule has 0 saturated carbocycles. The minimum atomic E-state index is -3.02.